The first kappa shape index (κ1) is 15.9. The van der Waals surface area contributed by atoms with E-state index in [1.54, 1.807) is 13.0 Å². The minimum atomic E-state index is -0.857. The van der Waals surface area contributed by atoms with Crippen molar-refractivity contribution < 1.29 is 15.0 Å². The fourth-order valence-corrected chi connectivity index (χ4v) is 0.761. The molecule has 0 heterocycles. The van der Waals surface area contributed by atoms with E-state index in [-0.39, 0.29) is 18.1 Å². The van der Waals surface area contributed by atoms with E-state index in [0.717, 1.165) is 0 Å². The maximum atomic E-state index is 10.3. The van der Waals surface area contributed by atoms with E-state index < -0.39 is 5.97 Å². The van der Waals surface area contributed by atoms with Crippen LogP contribution in [0.25, 0.3) is 0 Å². The number of aliphatic hydroxyl groups excluding tert-OH is 1. The Balaban J connectivity index is 0. The lowest BCUT2D eigenvalue weighted by molar-refractivity contribution is -0.137. The number of aliphatic carboxylic acids is 1. The maximum Gasteiger partial charge on any atom is 0.303 e. The topological polar surface area (TPSA) is 57.5 Å². The van der Waals surface area contributed by atoms with Gasteiger partial charge in [-0.15, -0.1) is 0 Å². The SMILES string of the molecule is C=C(O)/C=C\C(=C)C(C)CC(=O)O.CC. The largest absolute Gasteiger partial charge is 0.509 e. The number of carboxylic acid groups (broad SMARTS) is 1. The van der Waals surface area contributed by atoms with Crippen LogP contribution in [0.2, 0.25) is 0 Å². The lowest BCUT2D eigenvalue weighted by atomic mass is 9.99. The van der Waals surface area contributed by atoms with E-state index >= 15 is 0 Å². The highest BCUT2D eigenvalue weighted by Gasteiger charge is 2.08. The van der Waals surface area contributed by atoms with Gasteiger partial charge < -0.3 is 10.2 Å². The van der Waals surface area contributed by atoms with Crippen LogP contribution in [0, 0.1) is 5.92 Å². The van der Waals surface area contributed by atoms with Crippen molar-refractivity contribution in [3.63, 3.8) is 0 Å². The lowest BCUT2D eigenvalue weighted by Gasteiger charge is -2.07. The zero-order valence-corrected chi connectivity index (χ0v) is 9.66. The highest BCUT2D eigenvalue weighted by Crippen LogP contribution is 2.14. The zero-order valence-electron chi connectivity index (χ0n) is 9.66. The third-order valence-electron chi connectivity index (χ3n) is 1.60. The van der Waals surface area contributed by atoms with Crippen molar-refractivity contribution in [2.24, 2.45) is 5.92 Å². The van der Waals surface area contributed by atoms with E-state index in [1.165, 1.54) is 6.08 Å². The maximum absolute atomic E-state index is 10.3. The number of hydrogen-bond donors (Lipinski definition) is 2. The van der Waals surface area contributed by atoms with Gasteiger partial charge in [-0.1, -0.05) is 45.6 Å². The number of rotatable bonds is 5. The number of allylic oxidation sites excluding steroid dienone is 3. The molecule has 15 heavy (non-hydrogen) atoms. The first-order valence-corrected chi connectivity index (χ1v) is 4.90. The molecule has 0 radical (unpaired) electrons. The molecule has 0 aromatic heterocycles. The molecule has 86 valence electrons. The van der Waals surface area contributed by atoms with Crippen molar-refractivity contribution >= 4 is 5.97 Å². The molecule has 0 saturated heterocycles. The second-order valence-electron chi connectivity index (χ2n) is 2.90. The summed E-state index contributed by atoms with van der Waals surface area (Å²) in [6, 6.07) is 0. The summed E-state index contributed by atoms with van der Waals surface area (Å²) >= 11 is 0. The Kier molecular flexibility index (Phi) is 9.63. The summed E-state index contributed by atoms with van der Waals surface area (Å²) in [5.41, 5.74) is 0.664. The van der Waals surface area contributed by atoms with Gasteiger partial charge in [0.1, 0.15) is 5.76 Å². The standard InChI is InChI=1S/C10H14O3.C2H6/c1-7(4-5-9(3)11)8(2)6-10(12)13;1-2/h4-5,8,11H,1,3,6H2,2H3,(H,12,13);1-2H3/b5-4-;. The van der Waals surface area contributed by atoms with Crippen molar-refractivity contribution in [1.29, 1.82) is 0 Å². The Morgan fingerprint density at radius 1 is 1.27 bits per heavy atom. The van der Waals surface area contributed by atoms with Crippen LogP contribution < -0.4 is 0 Å². The van der Waals surface area contributed by atoms with Gasteiger partial charge >= 0.3 is 5.97 Å². The van der Waals surface area contributed by atoms with Gasteiger partial charge in [0, 0.05) is 0 Å². The molecular weight excluding hydrogens is 192 g/mol. The van der Waals surface area contributed by atoms with Gasteiger partial charge in [0.25, 0.3) is 0 Å². The smallest absolute Gasteiger partial charge is 0.303 e. The molecule has 1 atom stereocenters. The third kappa shape index (κ3) is 10.4. The molecule has 0 amide bonds. The molecule has 0 spiro atoms. The summed E-state index contributed by atoms with van der Waals surface area (Å²) in [5.74, 6) is -1.05. The van der Waals surface area contributed by atoms with Crippen molar-refractivity contribution in [2.75, 3.05) is 0 Å². The molecule has 0 saturated carbocycles. The van der Waals surface area contributed by atoms with E-state index in [9.17, 15) is 4.79 Å². The fraction of sp³-hybridized carbons (Fsp3) is 0.417. The quantitative estimate of drug-likeness (QED) is 0.543. The van der Waals surface area contributed by atoms with Crippen LogP contribution in [-0.2, 0) is 4.79 Å². The van der Waals surface area contributed by atoms with Gasteiger partial charge in [-0.2, -0.15) is 0 Å². The zero-order chi connectivity index (χ0) is 12.4. The molecule has 3 nitrogen and oxygen atoms in total. The van der Waals surface area contributed by atoms with Crippen molar-refractivity contribution in [3.8, 4) is 0 Å². The summed E-state index contributed by atoms with van der Waals surface area (Å²) in [6.07, 6.45) is 3.00. The first-order chi connectivity index (χ1) is 6.93. The fourth-order valence-electron chi connectivity index (χ4n) is 0.761. The van der Waals surface area contributed by atoms with Crippen LogP contribution in [0.4, 0.5) is 0 Å². The van der Waals surface area contributed by atoms with Gasteiger partial charge in [-0.05, 0) is 12.0 Å². The summed E-state index contributed by atoms with van der Waals surface area (Å²) < 4.78 is 0. The molecule has 2 N–H and O–H groups in total. The summed E-state index contributed by atoms with van der Waals surface area (Å²) in [4.78, 5) is 10.3. The third-order valence-corrected chi connectivity index (χ3v) is 1.60. The van der Waals surface area contributed by atoms with Gasteiger partial charge in [0.2, 0.25) is 0 Å². The summed E-state index contributed by atoms with van der Waals surface area (Å²) in [5, 5.41) is 17.2. The monoisotopic (exact) mass is 212 g/mol. The molecule has 0 aromatic carbocycles. The molecular formula is C12H20O3. The molecule has 0 bridgehead atoms. The molecule has 0 aliphatic carbocycles. The van der Waals surface area contributed by atoms with Crippen LogP contribution in [0.5, 0.6) is 0 Å². The van der Waals surface area contributed by atoms with Crippen LogP contribution in [0.3, 0.4) is 0 Å². The highest BCUT2D eigenvalue weighted by molar-refractivity contribution is 5.67. The van der Waals surface area contributed by atoms with Crippen LogP contribution in [0.15, 0.2) is 36.6 Å². The Morgan fingerprint density at radius 2 is 1.73 bits per heavy atom. The number of carbonyl (C=O) groups is 1. The number of aliphatic hydroxyl groups is 1. The van der Waals surface area contributed by atoms with E-state index in [2.05, 4.69) is 13.2 Å². The van der Waals surface area contributed by atoms with Gasteiger partial charge in [-0.25, -0.2) is 0 Å². The van der Waals surface area contributed by atoms with Gasteiger partial charge in [0.15, 0.2) is 0 Å². The molecule has 3 heteroatoms. The predicted molar refractivity (Wildman–Crippen MR) is 62.8 cm³/mol. The average Bonchev–Trinajstić information content (AvgIpc) is 2.16. The van der Waals surface area contributed by atoms with Crippen molar-refractivity contribution in [3.05, 3.63) is 36.6 Å². The van der Waals surface area contributed by atoms with Crippen LogP contribution in [-0.4, -0.2) is 16.2 Å². The predicted octanol–water partition coefficient (Wildman–Crippen LogP) is 3.31. The molecule has 1 unspecified atom stereocenters. The number of hydrogen-bond acceptors (Lipinski definition) is 2. The summed E-state index contributed by atoms with van der Waals surface area (Å²) in [7, 11) is 0. The Morgan fingerprint density at radius 3 is 2.07 bits per heavy atom. The van der Waals surface area contributed by atoms with Crippen LogP contribution in [0.1, 0.15) is 27.2 Å². The van der Waals surface area contributed by atoms with Gasteiger partial charge in [-0.3, -0.25) is 4.79 Å². The number of carboxylic acids is 1. The van der Waals surface area contributed by atoms with Crippen molar-refractivity contribution in [1.82, 2.24) is 0 Å². The van der Waals surface area contributed by atoms with Crippen LogP contribution >= 0.6 is 0 Å². The molecule has 0 fully saturated rings. The average molecular weight is 212 g/mol. The minimum absolute atomic E-state index is 0.0427. The molecule has 0 aromatic rings. The first-order valence-electron chi connectivity index (χ1n) is 4.90. The second-order valence-corrected chi connectivity index (χ2v) is 2.90. The molecule has 0 aliphatic heterocycles. The normalized spacial score (nSPS) is 11.4. The van der Waals surface area contributed by atoms with Crippen molar-refractivity contribution in [2.45, 2.75) is 27.2 Å². The lowest BCUT2D eigenvalue weighted by Crippen LogP contribution is -2.04. The summed E-state index contributed by atoms with van der Waals surface area (Å²) in [6.45, 7) is 12.7. The van der Waals surface area contributed by atoms with E-state index in [0.29, 0.717) is 5.57 Å². The van der Waals surface area contributed by atoms with E-state index in [1.807, 2.05) is 13.8 Å². The van der Waals surface area contributed by atoms with Gasteiger partial charge in [0.05, 0.1) is 6.42 Å². The Hall–Kier alpha value is -1.51. The minimum Gasteiger partial charge on any atom is -0.509 e. The Labute approximate surface area is 91.4 Å². The second kappa shape index (κ2) is 9.06. The molecule has 0 aliphatic rings. The van der Waals surface area contributed by atoms with E-state index in [4.69, 9.17) is 10.2 Å². The Bertz CT molecular complexity index is 252. The molecule has 0 rings (SSSR count). The highest BCUT2D eigenvalue weighted by atomic mass is 16.4.